The van der Waals surface area contributed by atoms with E-state index in [1.165, 1.54) is 0 Å². The minimum absolute atomic E-state index is 0.0156. The van der Waals surface area contributed by atoms with Gasteiger partial charge in [-0.25, -0.2) is 0 Å². The van der Waals surface area contributed by atoms with Crippen LogP contribution in [-0.4, -0.2) is 36.5 Å². The summed E-state index contributed by atoms with van der Waals surface area (Å²) < 4.78 is 11.3. The van der Waals surface area contributed by atoms with E-state index in [4.69, 9.17) is 9.47 Å². The molecule has 4 aliphatic heterocycles. The minimum atomic E-state index is -0.672. The van der Waals surface area contributed by atoms with E-state index in [1.807, 2.05) is 0 Å². The third-order valence-corrected chi connectivity index (χ3v) is 3.20. The SMILES string of the molecule is CC12COC3(CCC(=O)N3C1)OC2. The maximum Gasteiger partial charge on any atom is 0.254 e. The Morgan fingerprint density at radius 3 is 2.77 bits per heavy atom. The van der Waals surface area contributed by atoms with E-state index in [0.717, 1.165) is 19.8 Å². The molecule has 0 aromatic rings. The van der Waals surface area contributed by atoms with Gasteiger partial charge in [-0.2, -0.15) is 0 Å². The minimum Gasteiger partial charge on any atom is -0.332 e. The average Bonchev–Trinajstić information content (AvgIpc) is 2.45. The lowest BCUT2D eigenvalue weighted by atomic mass is 9.88. The molecule has 0 atom stereocenters. The second-order valence-corrected chi connectivity index (χ2v) is 4.58. The van der Waals surface area contributed by atoms with E-state index in [2.05, 4.69) is 6.92 Å². The molecule has 4 fully saturated rings. The van der Waals surface area contributed by atoms with Crippen molar-refractivity contribution in [3.63, 3.8) is 0 Å². The van der Waals surface area contributed by atoms with Crippen LogP contribution in [0, 0.1) is 5.41 Å². The molecular formula is C9H13NO3. The van der Waals surface area contributed by atoms with E-state index in [0.29, 0.717) is 12.8 Å². The van der Waals surface area contributed by atoms with Crippen LogP contribution in [0.1, 0.15) is 19.8 Å². The Kier molecular flexibility index (Phi) is 1.23. The first kappa shape index (κ1) is 7.76. The first-order valence-corrected chi connectivity index (χ1v) is 4.72. The largest absolute Gasteiger partial charge is 0.332 e. The molecule has 1 amide bonds. The van der Waals surface area contributed by atoms with Gasteiger partial charge in [0.2, 0.25) is 5.91 Å². The van der Waals surface area contributed by atoms with E-state index >= 15 is 0 Å². The monoisotopic (exact) mass is 183 g/mol. The number of rotatable bonds is 0. The van der Waals surface area contributed by atoms with Crippen LogP contribution in [0.4, 0.5) is 0 Å². The van der Waals surface area contributed by atoms with Gasteiger partial charge in [0.15, 0.2) is 0 Å². The van der Waals surface area contributed by atoms with Crippen molar-refractivity contribution in [1.82, 2.24) is 4.90 Å². The lowest BCUT2D eigenvalue weighted by molar-refractivity contribution is -0.387. The molecule has 0 unspecified atom stereocenters. The van der Waals surface area contributed by atoms with Crippen molar-refractivity contribution in [3.05, 3.63) is 0 Å². The lowest BCUT2D eigenvalue weighted by Crippen LogP contribution is -2.66. The Morgan fingerprint density at radius 2 is 2.08 bits per heavy atom. The summed E-state index contributed by atoms with van der Waals surface area (Å²) in [6, 6.07) is 0. The molecule has 0 aromatic heterocycles. The summed E-state index contributed by atoms with van der Waals surface area (Å²) in [6.07, 6.45) is 1.26. The highest BCUT2D eigenvalue weighted by Gasteiger charge is 2.58. The van der Waals surface area contributed by atoms with E-state index in [-0.39, 0.29) is 11.3 Å². The molecular weight excluding hydrogens is 170 g/mol. The van der Waals surface area contributed by atoms with Gasteiger partial charge in [0.1, 0.15) is 0 Å². The first-order valence-electron chi connectivity index (χ1n) is 4.72. The number of hydrogen-bond acceptors (Lipinski definition) is 3. The fourth-order valence-corrected chi connectivity index (χ4v) is 2.36. The van der Waals surface area contributed by atoms with Gasteiger partial charge in [-0.05, 0) is 0 Å². The van der Waals surface area contributed by atoms with E-state index in [1.54, 1.807) is 4.90 Å². The van der Waals surface area contributed by atoms with Gasteiger partial charge in [-0.1, -0.05) is 6.92 Å². The summed E-state index contributed by atoms with van der Waals surface area (Å²) in [5, 5.41) is 0. The van der Waals surface area contributed by atoms with Crippen LogP contribution in [0.2, 0.25) is 0 Å². The molecule has 0 saturated carbocycles. The Morgan fingerprint density at radius 1 is 1.38 bits per heavy atom. The summed E-state index contributed by atoms with van der Waals surface area (Å²) >= 11 is 0. The van der Waals surface area contributed by atoms with Crippen LogP contribution in [-0.2, 0) is 14.3 Å². The molecule has 4 rings (SSSR count). The van der Waals surface area contributed by atoms with Crippen molar-refractivity contribution in [2.75, 3.05) is 19.8 Å². The highest BCUT2D eigenvalue weighted by Crippen LogP contribution is 2.45. The molecule has 4 heterocycles. The average molecular weight is 183 g/mol. The molecule has 2 bridgehead atoms. The molecule has 13 heavy (non-hydrogen) atoms. The van der Waals surface area contributed by atoms with Crippen LogP contribution in [0.3, 0.4) is 0 Å². The maximum atomic E-state index is 11.5. The second-order valence-electron chi connectivity index (χ2n) is 4.58. The third kappa shape index (κ3) is 0.849. The summed E-state index contributed by atoms with van der Waals surface area (Å²) in [4.78, 5) is 13.3. The maximum absolute atomic E-state index is 11.5. The zero-order valence-corrected chi connectivity index (χ0v) is 7.71. The van der Waals surface area contributed by atoms with E-state index in [9.17, 15) is 4.79 Å². The van der Waals surface area contributed by atoms with Crippen LogP contribution in [0.5, 0.6) is 0 Å². The predicted octanol–water partition coefficient (Wildman–Crippen LogP) is 0.329. The number of hydrogen-bond donors (Lipinski definition) is 0. The van der Waals surface area contributed by atoms with Gasteiger partial charge in [-0.15, -0.1) is 0 Å². The summed E-state index contributed by atoms with van der Waals surface area (Å²) in [6.45, 7) is 4.33. The predicted molar refractivity (Wildman–Crippen MR) is 43.7 cm³/mol. The normalized spacial score (nSPS) is 48.4. The van der Waals surface area contributed by atoms with Crippen molar-refractivity contribution in [2.24, 2.45) is 5.41 Å². The number of amides is 1. The first-order chi connectivity index (χ1) is 6.14. The van der Waals surface area contributed by atoms with Crippen molar-refractivity contribution in [2.45, 2.75) is 25.7 Å². The number of nitrogens with zero attached hydrogens (tertiary/aromatic N) is 1. The summed E-state index contributed by atoms with van der Waals surface area (Å²) in [5.74, 6) is -0.500. The Labute approximate surface area is 76.8 Å². The molecule has 0 aromatic carbocycles. The second kappa shape index (κ2) is 2.07. The molecule has 4 nitrogen and oxygen atoms in total. The molecule has 4 heteroatoms. The number of fused-ring (bicyclic) bond motifs is 2. The summed E-state index contributed by atoms with van der Waals surface area (Å²) in [5.41, 5.74) is 0.0156. The Balaban J connectivity index is 1.99. The molecule has 0 radical (unpaired) electrons. The standard InChI is InChI=1S/C9H13NO3/c1-8-4-10-7(11)2-3-9(10,12-5-8)13-6-8/h2-6H2,1H3. The number of carbonyl (C=O) groups excluding carboxylic acids is 1. The zero-order chi connectivity index (χ0) is 9.10. The topological polar surface area (TPSA) is 38.8 Å². The highest BCUT2D eigenvalue weighted by molar-refractivity contribution is 5.79. The number of carbonyl (C=O) groups is 1. The van der Waals surface area contributed by atoms with Gasteiger partial charge < -0.3 is 9.47 Å². The van der Waals surface area contributed by atoms with Gasteiger partial charge in [0, 0.05) is 24.8 Å². The third-order valence-electron chi connectivity index (χ3n) is 3.20. The van der Waals surface area contributed by atoms with Crippen molar-refractivity contribution in [3.8, 4) is 0 Å². The van der Waals surface area contributed by atoms with Gasteiger partial charge >= 0.3 is 0 Å². The zero-order valence-electron chi connectivity index (χ0n) is 7.71. The fraction of sp³-hybridized carbons (Fsp3) is 0.889. The van der Waals surface area contributed by atoms with Crippen molar-refractivity contribution in [1.29, 1.82) is 0 Å². The van der Waals surface area contributed by atoms with E-state index < -0.39 is 5.91 Å². The smallest absolute Gasteiger partial charge is 0.254 e. The summed E-state index contributed by atoms with van der Waals surface area (Å²) in [7, 11) is 0. The fourth-order valence-electron chi connectivity index (χ4n) is 2.36. The van der Waals surface area contributed by atoms with Crippen molar-refractivity contribution >= 4 is 5.91 Å². The molecule has 0 N–H and O–H groups in total. The van der Waals surface area contributed by atoms with Crippen LogP contribution in [0.15, 0.2) is 0 Å². The molecule has 72 valence electrons. The van der Waals surface area contributed by atoms with Gasteiger partial charge in [0.05, 0.1) is 13.2 Å². The Bertz CT molecular complexity index is 268. The highest BCUT2D eigenvalue weighted by atomic mass is 16.7. The van der Waals surface area contributed by atoms with Crippen molar-refractivity contribution < 1.29 is 14.3 Å². The molecule has 4 saturated heterocycles. The van der Waals surface area contributed by atoms with Crippen LogP contribution >= 0.6 is 0 Å². The lowest BCUT2D eigenvalue weighted by Gasteiger charge is -2.54. The molecule has 4 aliphatic rings. The van der Waals surface area contributed by atoms with Gasteiger partial charge in [-0.3, -0.25) is 9.69 Å². The van der Waals surface area contributed by atoms with Crippen LogP contribution in [0.25, 0.3) is 0 Å². The molecule has 0 aliphatic carbocycles. The van der Waals surface area contributed by atoms with Crippen LogP contribution < -0.4 is 0 Å². The van der Waals surface area contributed by atoms with Gasteiger partial charge in [0.25, 0.3) is 5.91 Å². The Hall–Kier alpha value is -0.610. The quantitative estimate of drug-likeness (QED) is 0.543. The number of ether oxygens (including phenoxy) is 2. The molecule has 1 spiro atoms.